The molecule has 0 aromatic carbocycles. The number of anilines is 1. The molecular formula is C16H17N5O3. The van der Waals surface area contributed by atoms with Gasteiger partial charge in [-0.15, -0.1) is 0 Å². The Morgan fingerprint density at radius 2 is 2.25 bits per heavy atom. The van der Waals surface area contributed by atoms with Gasteiger partial charge in [-0.2, -0.15) is 9.78 Å². The van der Waals surface area contributed by atoms with E-state index in [1.807, 2.05) is 6.92 Å². The van der Waals surface area contributed by atoms with Gasteiger partial charge in [0.05, 0.1) is 6.26 Å². The number of carbonyl (C=O) groups is 1. The van der Waals surface area contributed by atoms with Crippen molar-refractivity contribution in [2.24, 2.45) is 0 Å². The van der Waals surface area contributed by atoms with Crippen LogP contribution in [-0.2, 0) is 11.2 Å². The Kier molecular flexibility index (Phi) is 4.28. The van der Waals surface area contributed by atoms with Crippen LogP contribution < -0.4 is 10.9 Å². The molecule has 0 bridgehead atoms. The molecule has 0 spiro atoms. The molecule has 3 aromatic heterocycles. The highest BCUT2D eigenvalue weighted by Crippen LogP contribution is 2.23. The number of H-pyrrole nitrogens is 1. The lowest BCUT2D eigenvalue weighted by Gasteiger charge is -2.07. The van der Waals surface area contributed by atoms with Crippen molar-refractivity contribution in [3.05, 3.63) is 46.6 Å². The topological polar surface area (TPSA) is 106 Å². The van der Waals surface area contributed by atoms with Gasteiger partial charge in [-0.1, -0.05) is 13.3 Å². The van der Waals surface area contributed by atoms with E-state index in [9.17, 15) is 9.59 Å². The summed E-state index contributed by atoms with van der Waals surface area (Å²) < 4.78 is 6.72. The molecule has 0 radical (unpaired) electrons. The maximum Gasteiger partial charge on any atom is 0.252 e. The van der Waals surface area contributed by atoms with Crippen LogP contribution in [0.4, 0.5) is 5.82 Å². The molecule has 8 heteroatoms. The van der Waals surface area contributed by atoms with E-state index in [0.29, 0.717) is 29.4 Å². The molecule has 0 atom stereocenters. The van der Waals surface area contributed by atoms with Crippen molar-refractivity contribution in [3.63, 3.8) is 0 Å². The highest BCUT2D eigenvalue weighted by molar-refractivity contribution is 5.88. The van der Waals surface area contributed by atoms with Crippen LogP contribution in [0, 0.1) is 0 Å². The van der Waals surface area contributed by atoms with Crippen LogP contribution in [0.1, 0.15) is 26.0 Å². The molecular weight excluding hydrogens is 310 g/mol. The Morgan fingerprint density at radius 1 is 1.42 bits per heavy atom. The summed E-state index contributed by atoms with van der Waals surface area (Å²) in [5.41, 5.74) is 0.916. The first-order valence-corrected chi connectivity index (χ1v) is 7.59. The van der Waals surface area contributed by atoms with Crippen molar-refractivity contribution >= 4 is 11.7 Å². The summed E-state index contributed by atoms with van der Waals surface area (Å²) in [5, 5.41) is 7.08. The van der Waals surface area contributed by atoms with Crippen molar-refractivity contribution in [2.45, 2.75) is 26.7 Å². The average molecular weight is 327 g/mol. The van der Waals surface area contributed by atoms with Crippen molar-refractivity contribution in [1.29, 1.82) is 0 Å². The number of rotatable bonds is 5. The van der Waals surface area contributed by atoms with Crippen LogP contribution in [0.25, 0.3) is 17.4 Å². The van der Waals surface area contributed by atoms with Gasteiger partial charge in [-0.25, -0.2) is 4.98 Å². The summed E-state index contributed by atoms with van der Waals surface area (Å²) >= 11 is 0. The smallest absolute Gasteiger partial charge is 0.252 e. The van der Waals surface area contributed by atoms with Gasteiger partial charge in [0, 0.05) is 24.8 Å². The van der Waals surface area contributed by atoms with Gasteiger partial charge in [0.1, 0.15) is 11.5 Å². The number of nitrogens with one attached hydrogen (secondary N) is 2. The Labute approximate surface area is 137 Å². The predicted molar refractivity (Wildman–Crippen MR) is 88.0 cm³/mol. The summed E-state index contributed by atoms with van der Waals surface area (Å²) in [4.78, 5) is 30.4. The largest absolute Gasteiger partial charge is 0.463 e. The highest BCUT2D eigenvalue weighted by Gasteiger charge is 2.16. The van der Waals surface area contributed by atoms with E-state index in [-0.39, 0.29) is 17.4 Å². The zero-order valence-electron chi connectivity index (χ0n) is 13.4. The van der Waals surface area contributed by atoms with Crippen LogP contribution in [0.2, 0.25) is 0 Å². The third kappa shape index (κ3) is 3.27. The fraction of sp³-hybridized carbons (Fsp3) is 0.250. The van der Waals surface area contributed by atoms with Crippen molar-refractivity contribution in [1.82, 2.24) is 19.7 Å². The fourth-order valence-corrected chi connectivity index (χ4v) is 2.34. The van der Waals surface area contributed by atoms with E-state index in [1.54, 1.807) is 18.2 Å². The Morgan fingerprint density at radius 3 is 2.92 bits per heavy atom. The Bertz CT molecular complexity index is 908. The van der Waals surface area contributed by atoms with Crippen LogP contribution >= 0.6 is 0 Å². The molecule has 1 amide bonds. The van der Waals surface area contributed by atoms with Crippen LogP contribution in [0.3, 0.4) is 0 Å². The number of aromatic amines is 1. The lowest BCUT2D eigenvalue weighted by molar-refractivity contribution is -0.114. The second-order valence-electron chi connectivity index (χ2n) is 5.30. The van der Waals surface area contributed by atoms with Gasteiger partial charge in [-0.05, 0) is 18.6 Å². The summed E-state index contributed by atoms with van der Waals surface area (Å²) in [6.07, 6.45) is 3.08. The lowest BCUT2D eigenvalue weighted by atomic mass is 10.2. The van der Waals surface area contributed by atoms with E-state index in [2.05, 4.69) is 20.4 Å². The number of carbonyl (C=O) groups excluding carboxylic acids is 1. The monoisotopic (exact) mass is 327 g/mol. The van der Waals surface area contributed by atoms with Gasteiger partial charge in [0.15, 0.2) is 5.76 Å². The van der Waals surface area contributed by atoms with Crippen LogP contribution in [0.5, 0.6) is 0 Å². The maximum absolute atomic E-state index is 11.9. The van der Waals surface area contributed by atoms with E-state index in [1.165, 1.54) is 23.9 Å². The summed E-state index contributed by atoms with van der Waals surface area (Å²) in [7, 11) is 0. The minimum atomic E-state index is -0.271. The van der Waals surface area contributed by atoms with Crippen LogP contribution in [-0.4, -0.2) is 25.7 Å². The quantitative estimate of drug-likeness (QED) is 0.746. The average Bonchev–Trinajstić information content (AvgIpc) is 3.15. The first kappa shape index (κ1) is 15.7. The molecule has 0 unspecified atom stereocenters. The minimum Gasteiger partial charge on any atom is -0.463 e. The van der Waals surface area contributed by atoms with Gasteiger partial charge < -0.3 is 9.73 Å². The molecule has 0 saturated carbocycles. The van der Waals surface area contributed by atoms with E-state index in [0.717, 1.165) is 6.42 Å². The Hall–Kier alpha value is -3.16. The first-order valence-electron chi connectivity index (χ1n) is 7.59. The zero-order valence-corrected chi connectivity index (χ0v) is 13.4. The standard InChI is InChI=1S/C16H17N5O3/c1-3-5-11-8-15(23)19-16(18-11)21-14(17-10(2)22)9-12(20-21)13-6-4-7-24-13/h4,6-9H,3,5H2,1-2H3,(H,17,22)(H,18,19,23). The molecule has 8 nitrogen and oxygen atoms in total. The summed E-state index contributed by atoms with van der Waals surface area (Å²) in [6, 6.07) is 6.62. The second kappa shape index (κ2) is 6.53. The minimum absolute atomic E-state index is 0.243. The molecule has 3 heterocycles. The van der Waals surface area contributed by atoms with Crippen molar-refractivity contribution in [3.8, 4) is 17.4 Å². The highest BCUT2D eigenvalue weighted by atomic mass is 16.3. The molecule has 124 valence electrons. The van der Waals surface area contributed by atoms with Gasteiger partial charge in [0.25, 0.3) is 5.56 Å². The number of amides is 1. The van der Waals surface area contributed by atoms with Crippen LogP contribution in [0.15, 0.2) is 39.7 Å². The fourth-order valence-electron chi connectivity index (χ4n) is 2.34. The van der Waals surface area contributed by atoms with E-state index >= 15 is 0 Å². The number of aryl methyl sites for hydroxylation is 1. The van der Waals surface area contributed by atoms with E-state index < -0.39 is 0 Å². The number of furan rings is 1. The van der Waals surface area contributed by atoms with Gasteiger partial charge in [0.2, 0.25) is 11.9 Å². The molecule has 3 rings (SSSR count). The Balaban J connectivity index is 2.12. The number of hydrogen-bond donors (Lipinski definition) is 2. The molecule has 0 aliphatic carbocycles. The van der Waals surface area contributed by atoms with Gasteiger partial charge >= 0.3 is 0 Å². The van der Waals surface area contributed by atoms with E-state index in [4.69, 9.17) is 4.42 Å². The summed E-state index contributed by atoms with van der Waals surface area (Å²) in [5.74, 6) is 0.930. The molecule has 0 fully saturated rings. The summed E-state index contributed by atoms with van der Waals surface area (Å²) in [6.45, 7) is 3.40. The molecule has 0 aliphatic heterocycles. The zero-order chi connectivity index (χ0) is 17.1. The molecule has 0 saturated heterocycles. The maximum atomic E-state index is 11.9. The molecule has 2 N–H and O–H groups in total. The SMILES string of the molecule is CCCc1cc(=O)[nH]c(-n2nc(-c3ccco3)cc2NC(C)=O)n1. The predicted octanol–water partition coefficient (Wildman–Crippen LogP) is 2.13. The first-order chi connectivity index (χ1) is 11.6. The lowest BCUT2D eigenvalue weighted by Crippen LogP contribution is -2.18. The number of hydrogen-bond acceptors (Lipinski definition) is 5. The molecule has 3 aromatic rings. The van der Waals surface area contributed by atoms with Crippen molar-refractivity contribution in [2.75, 3.05) is 5.32 Å². The number of nitrogens with zero attached hydrogens (tertiary/aromatic N) is 3. The normalized spacial score (nSPS) is 10.8. The third-order valence-corrected chi connectivity index (χ3v) is 3.28. The van der Waals surface area contributed by atoms with Crippen molar-refractivity contribution < 1.29 is 9.21 Å². The molecule has 0 aliphatic rings. The molecule has 24 heavy (non-hydrogen) atoms. The number of aromatic nitrogens is 4. The third-order valence-electron chi connectivity index (χ3n) is 3.28. The second-order valence-corrected chi connectivity index (χ2v) is 5.30. The van der Waals surface area contributed by atoms with Gasteiger partial charge in [-0.3, -0.25) is 14.6 Å².